The monoisotopic (exact) mass is 264 g/mol. The third-order valence-corrected chi connectivity index (χ3v) is 3.63. The number of halogens is 1. The summed E-state index contributed by atoms with van der Waals surface area (Å²) in [5.41, 5.74) is 5.76. The van der Waals surface area contributed by atoms with Crippen molar-refractivity contribution in [2.75, 3.05) is 6.54 Å². The van der Waals surface area contributed by atoms with Crippen LogP contribution in [0.1, 0.15) is 39.5 Å². The number of carbonyl (C=O) groups excluding carboxylic acids is 1. The third kappa shape index (κ3) is 5.23. The van der Waals surface area contributed by atoms with Crippen molar-refractivity contribution in [1.82, 2.24) is 5.32 Å². The summed E-state index contributed by atoms with van der Waals surface area (Å²) in [7, 11) is 0. The SMILES string of the molecule is CCC(C)C(O)CNC(=O)C1CCC(N)C1.Cl. The molecule has 0 aromatic heterocycles. The first-order valence-electron chi connectivity index (χ1n) is 6.26. The molecule has 0 bridgehead atoms. The fourth-order valence-corrected chi connectivity index (χ4v) is 2.08. The maximum Gasteiger partial charge on any atom is 0.223 e. The van der Waals surface area contributed by atoms with Crippen molar-refractivity contribution in [1.29, 1.82) is 0 Å². The lowest BCUT2D eigenvalue weighted by Gasteiger charge is -2.19. The summed E-state index contributed by atoms with van der Waals surface area (Å²) in [6.45, 7) is 4.38. The molecular weight excluding hydrogens is 240 g/mol. The standard InChI is InChI=1S/C12H24N2O2.ClH/c1-3-8(2)11(15)7-14-12(16)9-4-5-10(13)6-9;/h8-11,15H,3-7,13H2,1-2H3,(H,14,16);1H. The molecule has 4 nitrogen and oxygen atoms in total. The second kappa shape index (κ2) is 7.90. The molecule has 0 aromatic rings. The van der Waals surface area contributed by atoms with E-state index < -0.39 is 6.10 Å². The summed E-state index contributed by atoms with van der Waals surface area (Å²) >= 11 is 0. The Morgan fingerprint density at radius 3 is 2.65 bits per heavy atom. The van der Waals surface area contributed by atoms with Crippen LogP contribution in [0.5, 0.6) is 0 Å². The number of carbonyl (C=O) groups is 1. The van der Waals surface area contributed by atoms with Gasteiger partial charge in [-0.25, -0.2) is 0 Å². The Morgan fingerprint density at radius 2 is 2.18 bits per heavy atom. The van der Waals surface area contributed by atoms with Gasteiger partial charge in [-0.05, 0) is 25.2 Å². The van der Waals surface area contributed by atoms with Crippen molar-refractivity contribution < 1.29 is 9.90 Å². The Kier molecular flexibility index (Phi) is 7.75. The van der Waals surface area contributed by atoms with Gasteiger partial charge in [0.2, 0.25) is 5.91 Å². The van der Waals surface area contributed by atoms with Crippen LogP contribution < -0.4 is 11.1 Å². The van der Waals surface area contributed by atoms with Gasteiger partial charge < -0.3 is 16.2 Å². The van der Waals surface area contributed by atoms with Crippen LogP contribution in [0.4, 0.5) is 0 Å². The number of amides is 1. The predicted molar refractivity (Wildman–Crippen MR) is 71.0 cm³/mol. The van der Waals surface area contributed by atoms with E-state index in [1.807, 2.05) is 13.8 Å². The first kappa shape index (κ1) is 16.7. The van der Waals surface area contributed by atoms with Gasteiger partial charge in [-0.1, -0.05) is 20.3 Å². The maximum atomic E-state index is 11.7. The van der Waals surface area contributed by atoms with Gasteiger partial charge in [0.25, 0.3) is 0 Å². The van der Waals surface area contributed by atoms with Crippen LogP contribution in [0.25, 0.3) is 0 Å². The number of aliphatic hydroxyl groups excluding tert-OH is 1. The zero-order valence-electron chi connectivity index (χ0n) is 10.7. The first-order chi connectivity index (χ1) is 7.54. The Balaban J connectivity index is 0.00000256. The molecule has 1 amide bonds. The lowest BCUT2D eigenvalue weighted by molar-refractivity contribution is -0.125. The average Bonchev–Trinajstić information content (AvgIpc) is 2.71. The van der Waals surface area contributed by atoms with E-state index in [4.69, 9.17) is 5.73 Å². The van der Waals surface area contributed by atoms with Crippen LogP contribution in [0, 0.1) is 11.8 Å². The molecule has 1 saturated carbocycles. The van der Waals surface area contributed by atoms with Gasteiger partial charge in [0.1, 0.15) is 0 Å². The van der Waals surface area contributed by atoms with Crippen LogP contribution in [0.2, 0.25) is 0 Å². The number of nitrogens with one attached hydrogen (secondary N) is 1. The Hall–Kier alpha value is -0.320. The van der Waals surface area contributed by atoms with Gasteiger partial charge in [-0.3, -0.25) is 4.79 Å². The summed E-state index contributed by atoms with van der Waals surface area (Å²) in [5.74, 6) is 0.334. The summed E-state index contributed by atoms with van der Waals surface area (Å²) in [6, 6.07) is 0.176. The number of hydrogen-bond donors (Lipinski definition) is 3. The molecule has 1 aliphatic carbocycles. The van der Waals surface area contributed by atoms with Crippen molar-refractivity contribution >= 4 is 18.3 Å². The molecule has 4 unspecified atom stereocenters. The highest BCUT2D eigenvalue weighted by atomic mass is 35.5. The van der Waals surface area contributed by atoms with Gasteiger partial charge in [-0.15, -0.1) is 12.4 Å². The lowest BCUT2D eigenvalue weighted by Crippen LogP contribution is -2.38. The Bertz CT molecular complexity index is 239. The molecule has 0 spiro atoms. The van der Waals surface area contributed by atoms with E-state index in [9.17, 15) is 9.90 Å². The molecule has 1 aliphatic rings. The minimum atomic E-state index is -0.441. The average molecular weight is 265 g/mol. The maximum absolute atomic E-state index is 11.7. The summed E-state index contributed by atoms with van der Waals surface area (Å²) in [6.07, 6.45) is 3.08. The molecule has 0 saturated heterocycles. The fourth-order valence-electron chi connectivity index (χ4n) is 2.08. The highest BCUT2D eigenvalue weighted by molar-refractivity contribution is 5.85. The van der Waals surface area contributed by atoms with E-state index >= 15 is 0 Å². The molecule has 4 N–H and O–H groups in total. The second-order valence-electron chi connectivity index (χ2n) is 4.97. The van der Waals surface area contributed by atoms with Crippen LogP contribution in [-0.4, -0.2) is 29.7 Å². The summed E-state index contributed by atoms with van der Waals surface area (Å²) in [5, 5.41) is 12.5. The highest BCUT2D eigenvalue weighted by Gasteiger charge is 2.28. The smallest absolute Gasteiger partial charge is 0.223 e. The summed E-state index contributed by atoms with van der Waals surface area (Å²) in [4.78, 5) is 11.7. The van der Waals surface area contributed by atoms with Gasteiger partial charge >= 0.3 is 0 Å². The molecule has 1 rings (SSSR count). The van der Waals surface area contributed by atoms with Crippen molar-refractivity contribution in [3.05, 3.63) is 0 Å². The highest BCUT2D eigenvalue weighted by Crippen LogP contribution is 2.24. The Labute approximate surface area is 110 Å². The molecular formula is C12H25ClN2O2. The quantitative estimate of drug-likeness (QED) is 0.695. The van der Waals surface area contributed by atoms with E-state index in [2.05, 4.69) is 5.32 Å². The normalized spacial score (nSPS) is 27.1. The predicted octanol–water partition coefficient (Wildman–Crippen LogP) is 1.06. The zero-order valence-corrected chi connectivity index (χ0v) is 11.5. The van der Waals surface area contributed by atoms with Crippen molar-refractivity contribution in [2.24, 2.45) is 17.6 Å². The molecule has 5 heteroatoms. The number of aliphatic hydroxyl groups is 1. The van der Waals surface area contributed by atoms with E-state index in [1.165, 1.54) is 0 Å². The molecule has 102 valence electrons. The largest absolute Gasteiger partial charge is 0.391 e. The van der Waals surface area contributed by atoms with Crippen LogP contribution >= 0.6 is 12.4 Å². The molecule has 0 aliphatic heterocycles. The fraction of sp³-hybridized carbons (Fsp3) is 0.917. The number of hydrogen-bond acceptors (Lipinski definition) is 3. The Morgan fingerprint density at radius 1 is 1.53 bits per heavy atom. The van der Waals surface area contributed by atoms with Gasteiger partial charge in [0.15, 0.2) is 0 Å². The minimum Gasteiger partial charge on any atom is -0.391 e. The van der Waals surface area contributed by atoms with E-state index in [1.54, 1.807) is 0 Å². The van der Waals surface area contributed by atoms with Crippen LogP contribution in [0.3, 0.4) is 0 Å². The molecule has 0 aromatic carbocycles. The van der Waals surface area contributed by atoms with Crippen molar-refractivity contribution in [3.63, 3.8) is 0 Å². The van der Waals surface area contributed by atoms with Crippen LogP contribution in [0.15, 0.2) is 0 Å². The molecule has 1 fully saturated rings. The first-order valence-corrected chi connectivity index (χ1v) is 6.26. The molecule has 4 atom stereocenters. The lowest BCUT2D eigenvalue weighted by atomic mass is 10.0. The van der Waals surface area contributed by atoms with Gasteiger partial charge in [0, 0.05) is 18.5 Å². The summed E-state index contributed by atoms with van der Waals surface area (Å²) < 4.78 is 0. The third-order valence-electron chi connectivity index (χ3n) is 3.63. The minimum absolute atomic E-state index is 0. The van der Waals surface area contributed by atoms with Crippen molar-refractivity contribution in [3.8, 4) is 0 Å². The van der Waals surface area contributed by atoms with E-state index in [0.717, 1.165) is 25.7 Å². The van der Waals surface area contributed by atoms with Gasteiger partial charge in [-0.2, -0.15) is 0 Å². The molecule has 0 radical (unpaired) electrons. The number of nitrogens with two attached hydrogens (primary N) is 1. The molecule has 0 heterocycles. The zero-order chi connectivity index (χ0) is 12.1. The molecule has 17 heavy (non-hydrogen) atoms. The topological polar surface area (TPSA) is 75.3 Å². The van der Waals surface area contributed by atoms with E-state index in [-0.39, 0.29) is 36.2 Å². The second-order valence-corrected chi connectivity index (χ2v) is 4.97. The van der Waals surface area contributed by atoms with E-state index in [0.29, 0.717) is 6.54 Å². The van der Waals surface area contributed by atoms with Gasteiger partial charge in [0.05, 0.1) is 6.10 Å². The van der Waals surface area contributed by atoms with Crippen LogP contribution in [-0.2, 0) is 4.79 Å². The number of rotatable bonds is 5. The van der Waals surface area contributed by atoms with Crippen molar-refractivity contribution in [2.45, 2.75) is 51.7 Å².